The van der Waals surface area contributed by atoms with Crippen LogP contribution in [0.5, 0.6) is 0 Å². The Hall–Kier alpha value is -1.07. The minimum atomic E-state index is -4.13. The van der Waals surface area contributed by atoms with E-state index in [0.29, 0.717) is 13.1 Å². The van der Waals surface area contributed by atoms with Gasteiger partial charge in [0, 0.05) is 25.2 Å². The monoisotopic (exact) mass is 272 g/mol. The highest BCUT2D eigenvalue weighted by molar-refractivity contribution is 5.20. The van der Waals surface area contributed by atoms with Crippen molar-refractivity contribution in [3.8, 4) is 0 Å². The van der Waals surface area contributed by atoms with E-state index < -0.39 is 12.7 Å². The minimum Gasteiger partial charge on any atom is -0.307 e. The highest BCUT2D eigenvalue weighted by Gasteiger charge is 2.36. The standard InChI is InChI=1S/C14H19F3N2/c1-2-12-8-18-13(11-6-4-3-5-7-11)9-19(12)10-14(15,16)17/h3-7,12-13,18H,2,8-10H2,1H3. The summed E-state index contributed by atoms with van der Waals surface area (Å²) in [4.78, 5) is 1.55. The van der Waals surface area contributed by atoms with Crippen molar-refractivity contribution in [1.82, 2.24) is 10.2 Å². The lowest BCUT2D eigenvalue weighted by Gasteiger charge is -2.40. The van der Waals surface area contributed by atoms with Crippen molar-refractivity contribution in [3.63, 3.8) is 0 Å². The van der Waals surface area contributed by atoms with Crippen molar-refractivity contribution in [3.05, 3.63) is 35.9 Å². The number of piperazine rings is 1. The molecule has 0 saturated carbocycles. The van der Waals surface area contributed by atoms with Crippen LogP contribution in [0.4, 0.5) is 13.2 Å². The van der Waals surface area contributed by atoms with Crippen LogP contribution < -0.4 is 5.32 Å². The maximum Gasteiger partial charge on any atom is 0.401 e. The third kappa shape index (κ3) is 3.94. The molecular formula is C14H19F3N2. The first-order valence-electron chi connectivity index (χ1n) is 6.58. The van der Waals surface area contributed by atoms with E-state index in [2.05, 4.69) is 5.32 Å². The second kappa shape index (κ2) is 5.92. The lowest BCUT2D eigenvalue weighted by Crippen LogP contribution is -2.54. The van der Waals surface area contributed by atoms with Gasteiger partial charge in [-0.1, -0.05) is 37.3 Å². The van der Waals surface area contributed by atoms with Crippen molar-refractivity contribution in [1.29, 1.82) is 0 Å². The fourth-order valence-electron chi connectivity index (χ4n) is 2.59. The number of hydrogen-bond donors (Lipinski definition) is 1. The molecular weight excluding hydrogens is 253 g/mol. The SMILES string of the molecule is CCC1CNC(c2ccccc2)CN1CC(F)(F)F. The van der Waals surface area contributed by atoms with E-state index in [9.17, 15) is 13.2 Å². The Balaban J connectivity index is 2.07. The maximum atomic E-state index is 12.6. The first kappa shape index (κ1) is 14.3. The van der Waals surface area contributed by atoms with Crippen LogP contribution in [0.25, 0.3) is 0 Å². The van der Waals surface area contributed by atoms with Gasteiger partial charge in [-0.2, -0.15) is 13.2 Å². The number of nitrogens with zero attached hydrogens (tertiary/aromatic N) is 1. The van der Waals surface area contributed by atoms with Gasteiger partial charge in [0.05, 0.1) is 6.54 Å². The van der Waals surface area contributed by atoms with Gasteiger partial charge < -0.3 is 5.32 Å². The van der Waals surface area contributed by atoms with Crippen LogP contribution in [-0.2, 0) is 0 Å². The van der Waals surface area contributed by atoms with Gasteiger partial charge >= 0.3 is 6.18 Å². The van der Waals surface area contributed by atoms with Gasteiger partial charge in [0.1, 0.15) is 0 Å². The average Bonchev–Trinajstić information content (AvgIpc) is 2.38. The van der Waals surface area contributed by atoms with E-state index >= 15 is 0 Å². The quantitative estimate of drug-likeness (QED) is 0.910. The van der Waals surface area contributed by atoms with Gasteiger partial charge in [0.2, 0.25) is 0 Å². The maximum absolute atomic E-state index is 12.6. The molecule has 1 aromatic carbocycles. The lowest BCUT2D eigenvalue weighted by atomic mass is 10.0. The summed E-state index contributed by atoms with van der Waals surface area (Å²) in [7, 11) is 0. The number of benzene rings is 1. The molecule has 1 heterocycles. The average molecular weight is 272 g/mol. The Morgan fingerprint density at radius 3 is 2.53 bits per heavy atom. The molecule has 0 spiro atoms. The first-order valence-corrected chi connectivity index (χ1v) is 6.58. The van der Waals surface area contributed by atoms with Gasteiger partial charge in [-0.15, -0.1) is 0 Å². The van der Waals surface area contributed by atoms with Gasteiger partial charge in [-0.25, -0.2) is 0 Å². The molecule has 5 heteroatoms. The Kier molecular flexibility index (Phi) is 4.47. The van der Waals surface area contributed by atoms with Gasteiger partial charge in [0.15, 0.2) is 0 Å². The van der Waals surface area contributed by atoms with E-state index in [1.165, 1.54) is 0 Å². The summed E-state index contributed by atoms with van der Waals surface area (Å²) in [5.74, 6) is 0. The number of halogens is 3. The zero-order chi connectivity index (χ0) is 13.9. The first-order chi connectivity index (χ1) is 8.99. The summed E-state index contributed by atoms with van der Waals surface area (Å²) in [5.41, 5.74) is 1.05. The molecule has 2 unspecified atom stereocenters. The lowest BCUT2D eigenvalue weighted by molar-refractivity contribution is -0.154. The van der Waals surface area contributed by atoms with Crippen LogP contribution in [0, 0.1) is 0 Å². The Labute approximate surface area is 111 Å². The Morgan fingerprint density at radius 1 is 1.26 bits per heavy atom. The van der Waals surface area contributed by atoms with Crippen LogP contribution in [0.1, 0.15) is 24.9 Å². The summed E-state index contributed by atoms with van der Waals surface area (Å²) in [6.45, 7) is 2.11. The van der Waals surface area contributed by atoms with Crippen molar-refractivity contribution >= 4 is 0 Å². The third-order valence-electron chi connectivity index (χ3n) is 3.59. The smallest absolute Gasteiger partial charge is 0.307 e. The highest BCUT2D eigenvalue weighted by atomic mass is 19.4. The summed E-state index contributed by atoms with van der Waals surface area (Å²) in [6.07, 6.45) is -3.41. The molecule has 0 bridgehead atoms. The molecule has 19 heavy (non-hydrogen) atoms. The third-order valence-corrected chi connectivity index (χ3v) is 3.59. The largest absolute Gasteiger partial charge is 0.401 e. The predicted octanol–water partition coefficient (Wildman–Crippen LogP) is 2.97. The van der Waals surface area contributed by atoms with E-state index in [0.717, 1.165) is 12.0 Å². The predicted molar refractivity (Wildman–Crippen MR) is 68.9 cm³/mol. The zero-order valence-corrected chi connectivity index (χ0v) is 11.0. The van der Waals surface area contributed by atoms with Crippen molar-refractivity contribution in [2.24, 2.45) is 0 Å². The summed E-state index contributed by atoms with van der Waals surface area (Å²) < 4.78 is 37.9. The molecule has 1 aromatic rings. The molecule has 2 nitrogen and oxygen atoms in total. The highest BCUT2D eigenvalue weighted by Crippen LogP contribution is 2.25. The second-order valence-electron chi connectivity index (χ2n) is 4.98. The van der Waals surface area contributed by atoms with Crippen LogP contribution in [0.15, 0.2) is 30.3 Å². The van der Waals surface area contributed by atoms with Crippen molar-refractivity contribution in [2.45, 2.75) is 31.6 Å². The van der Waals surface area contributed by atoms with Crippen LogP contribution in [0.2, 0.25) is 0 Å². The van der Waals surface area contributed by atoms with Gasteiger partial charge in [-0.05, 0) is 12.0 Å². The molecule has 1 fully saturated rings. The second-order valence-corrected chi connectivity index (χ2v) is 4.98. The number of alkyl halides is 3. The molecule has 2 rings (SSSR count). The van der Waals surface area contributed by atoms with E-state index in [1.54, 1.807) is 4.90 Å². The molecule has 0 amide bonds. The van der Waals surface area contributed by atoms with Crippen LogP contribution >= 0.6 is 0 Å². The Bertz CT molecular complexity index is 391. The fourth-order valence-corrected chi connectivity index (χ4v) is 2.59. The minimum absolute atomic E-state index is 0.0219. The molecule has 106 valence electrons. The van der Waals surface area contributed by atoms with Crippen LogP contribution in [0.3, 0.4) is 0 Å². The molecule has 1 aliphatic rings. The molecule has 0 aliphatic carbocycles. The van der Waals surface area contributed by atoms with E-state index in [1.807, 2.05) is 37.3 Å². The Morgan fingerprint density at radius 2 is 1.95 bits per heavy atom. The van der Waals surface area contributed by atoms with E-state index in [4.69, 9.17) is 0 Å². The summed E-state index contributed by atoms with van der Waals surface area (Å²) in [6, 6.07) is 9.58. The van der Waals surface area contributed by atoms with Crippen molar-refractivity contribution in [2.75, 3.05) is 19.6 Å². The molecule has 0 radical (unpaired) electrons. The molecule has 2 atom stereocenters. The molecule has 1 aliphatic heterocycles. The fraction of sp³-hybridized carbons (Fsp3) is 0.571. The molecule has 1 N–H and O–H groups in total. The zero-order valence-electron chi connectivity index (χ0n) is 11.0. The van der Waals surface area contributed by atoms with E-state index in [-0.39, 0.29) is 12.1 Å². The normalized spacial score (nSPS) is 25.5. The van der Waals surface area contributed by atoms with Crippen LogP contribution in [-0.4, -0.2) is 36.8 Å². The number of rotatable bonds is 3. The summed E-state index contributed by atoms with van der Waals surface area (Å²) in [5, 5.41) is 3.34. The molecule has 1 saturated heterocycles. The number of nitrogens with one attached hydrogen (secondary N) is 1. The molecule has 0 aromatic heterocycles. The van der Waals surface area contributed by atoms with Gasteiger partial charge in [-0.3, -0.25) is 4.90 Å². The van der Waals surface area contributed by atoms with Crippen molar-refractivity contribution < 1.29 is 13.2 Å². The van der Waals surface area contributed by atoms with Gasteiger partial charge in [0.25, 0.3) is 0 Å². The summed E-state index contributed by atoms with van der Waals surface area (Å²) >= 11 is 0. The topological polar surface area (TPSA) is 15.3 Å². The number of hydrogen-bond acceptors (Lipinski definition) is 2.